The van der Waals surface area contributed by atoms with Crippen molar-refractivity contribution in [2.45, 2.75) is 37.9 Å². The van der Waals surface area contributed by atoms with Gasteiger partial charge in [-0.2, -0.15) is 0 Å². The number of hydrogen-bond acceptors (Lipinski definition) is 1. The number of benzene rings is 1. The molecular formula is C13H17BrO. The summed E-state index contributed by atoms with van der Waals surface area (Å²) in [6.07, 6.45) is 5.67. The molecule has 0 bridgehead atoms. The Morgan fingerprint density at radius 2 is 1.87 bits per heavy atom. The van der Waals surface area contributed by atoms with Crippen molar-refractivity contribution in [3.8, 4) is 0 Å². The monoisotopic (exact) mass is 268 g/mol. The summed E-state index contributed by atoms with van der Waals surface area (Å²) < 4.78 is 5.89. The molecule has 1 aliphatic rings. The van der Waals surface area contributed by atoms with E-state index in [0.717, 1.165) is 18.2 Å². The van der Waals surface area contributed by atoms with E-state index in [9.17, 15) is 0 Å². The molecule has 0 amide bonds. The Balaban J connectivity index is 1.75. The maximum absolute atomic E-state index is 5.89. The van der Waals surface area contributed by atoms with E-state index in [0.29, 0.717) is 12.2 Å². The van der Waals surface area contributed by atoms with Gasteiger partial charge in [-0.05, 0) is 31.2 Å². The lowest BCUT2D eigenvalue weighted by Crippen LogP contribution is -2.12. The van der Waals surface area contributed by atoms with Crippen LogP contribution in [0.2, 0.25) is 0 Å². The number of rotatable bonds is 4. The van der Waals surface area contributed by atoms with Crippen LogP contribution in [0.25, 0.3) is 0 Å². The fraction of sp³-hybridized carbons (Fsp3) is 0.538. The van der Waals surface area contributed by atoms with Gasteiger partial charge in [0.25, 0.3) is 0 Å². The molecule has 0 unspecified atom stereocenters. The quantitative estimate of drug-likeness (QED) is 0.759. The van der Waals surface area contributed by atoms with E-state index < -0.39 is 0 Å². The van der Waals surface area contributed by atoms with Crippen molar-refractivity contribution in [2.75, 3.05) is 5.33 Å². The highest BCUT2D eigenvalue weighted by Gasteiger charge is 2.23. The molecule has 1 saturated heterocycles. The molecule has 0 saturated carbocycles. The molecule has 1 fully saturated rings. The first-order chi connectivity index (χ1) is 7.38. The van der Waals surface area contributed by atoms with Gasteiger partial charge in [0.1, 0.15) is 0 Å². The van der Waals surface area contributed by atoms with Crippen LogP contribution in [-0.4, -0.2) is 17.5 Å². The van der Waals surface area contributed by atoms with Gasteiger partial charge in [-0.15, -0.1) is 0 Å². The molecule has 0 aromatic heterocycles. The average Bonchev–Trinajstić information content (AvgIpc) is 2.76. The zero-order valence-electron chi connectivity index (χ0n) is 8.86. The van der Waals surface area contributed by atoms with E-state index >= 15 is 0 Å². The minimum absolute atomic E-state index is 0.450. The molecule has 2 rings (SSSR count). The third kappa shape index (κ3) is 3.32. The summed E-state index contributed by atoms with van der Waals surface area (Å²) in [5.74, 6) is 0. The van der Waals surface area contributed by atoms with Gasteiger partial charge in [0.15, 0.2) is 0 Å². The van der Waals surface area contributed by atoms with Crippen LogP contribution in [0.1, 0.15) is 24.8 Å². The first kappa shape index (κ1) is 11.2. The molecular weight excluding hydrogens is 252 g/mol. The van der Waals surface area contributed by atoms with Crippen molar-refractivity contribution < 1.29 is 4.74 Å². The molecule has 82 valence electrons. The molecule has 0 N–H and O–H groups in total. The minimum atomic E-state index is 0.450. The SMILES string of the molecule is BrC[C@@H]1CC[C@@H](CCc2ccccc2)O1. The molecule has 2 heteroatoms. The predicted molar refractivity (Wildman–Crippen MR) is 66.5 cm³/mol. The van der Waals surface area contributed by atoms with Crippen molar-refractivity contribution in [3.63, 3.8) is 0 Å². The standard InChI is InChI=1S/C13H17BrO/c14-10-13-9-8-12(15-13)7-6-11-4-2-1-3-5-11/h1-5,12-13H,6-10H2/t12-,13+/m1/s1. The normalized spacial score (nSPS) is 25.7. The van der Waals surface area contributed by atoms with Crippen molar-refractivity contribution >= 4 is 15.9 Å². The van der Waals surface area contributed by atoms with Crippen LogP contribution in [-0.2, 0) is 11.2 Å². The van der Waals surface area contributed by atoms with E-state index in [1.54, 1.807) is 0 Å². The Kier molecular flexibility index (Phi) is 4.21. The van der Waals surface area contributed by atoms with Crippen LogP contribution in [0.3, 0.4) is 0 Å². The van der Waals surface area contributed by atoms with E-state index in [1.165, 1.54) is 18.4 Å². The van der Waals surface area contributed by atoms with Gasteiger partial charge in [-0.1, -0.05) is 46.3 Å². The Morgan fingerprint density at radius 3 is 2.53 bits per heavy atom. The van der Waals surface area contributed by atoms with Crippen molar-refractivity contribution in [1.29, 1.82) is 0 Å². The van der Waals surface area contributed by atoms with Gasteiger partial charge in [0, 0.05) is 5.33 Å². The van der Waals surface area contributed by atoms with E-state index in [4.69, 9.17) is 4.74 Å². The second-order valence-corrected chi connectivity index (χ2v) is 4.78. The van der Waals surface area contributed by atoms with Crippen LogP contribution >= 0.6 is 15.9 Å². The topological polar surface area (TPSA) is 9.23 Å². The molecule has 15 heavy (non-hydrogen) atoms. The zero-order chi connectivity index (χ0) is 10.5. The van der Waals surface area contributed by atoms with Crippen LogP contribution in [0, 0.1) is 0 Å². The summed E-state index contributed by atoms with van der Waals surface area (Å²) >= 11 is 3.47. The average molecular weight is 269 g/mol. The Morgan fingerprint density at radius 1 is 1.13 bits per heavy atom. The minimum Gasteiger partial charge on any atom is -0.374 e. The van der Waals surface area contributed by atoms with Crippen LogP contribution < -0.4 is 0 Å². The molecule has 1 aromatic carbocycles. The highest BCUT2D eigenvalue weighted by Crippen LogP contribution is 2.24. The van der Waals surface area contributed by atoms with E-state index in [-0.39, 0.29) is 0 Å². The lowest BCUT2D eigenvalue weighted by molar-refractivity contribution is 0.0543. The number of alkyl halides is 1. The maximum Gasteiger partial charge on any atom is 0.0676 e. The Hall–Kier alpha value is -0.340. The van der Waals surface area contributed by atoms with Gasteiger partial charge >= 0.3 is 0 Å². The highest BCUT2D eigenvalue weighted by molar-refractivity contribution is 9.09. The summed E-state index contributed by atoms with van der Waals surface area (Å²) in [5.41, 5.74) is 1.42. The second kappa shape index (κ2) is 5.66. The molecule has 0 spiro atoms. The van der Waals surface area contributed by atoms with E-state index in [2.05, 4.69) is 46.3 Å². The lowest BCUT2D eigenvalue weighted by Gasteiger charge is -2.11. The molecule has 1 aromatic rings. The second-order valence-electron chi connectivity index (χ2n) is 4.14. The molecule has 0 radical (unpaired) electrons. The smallest absolute Gasteiger partial charge is 0.0676 e. The Bertz CT molecular complexity index is 286. The summed E-state index contributed by atoms with van der Waals surface area (Å²) in [6, 6.07) is 10.7. The molecule has 1 aliphatic heterocycles. The van der Waals surface area contributed by atoms with Crippen molar-refractivity contribution in [3.05, 3.63) is 35.9 Å². The largest absolute Gasteiger partial charge is 0.374 e. The van der Waals surface area contributed by atoms with Gasteiger partial charge in [-0.25, -0.2) is 0 Å². The molecule has 2 atom stereocenters. The summed E-state index contributed by atoms with van der Waals surface area (Å²) in [4.78, 5) is 0. The van der Waals surface area contributed by atoms with Crippen LogP contribution in [0.4, 0.5) is 0 Å². The van der Waals surface area contributed by atoms with Crippen molar-refractivity contribution in [2.24, 2.45) is 0 Å². The predicted octanol–water partition coefficient (Wildman–Crippen LogP) is 3.56. The molecule has 1 nitrogen and oxygen atoms in total. The maximum atomic E-state index is 5.89. The van der Waals surface area contributed by atoms with Gasteiger partial charge < -0.3 is 4.74 Å². The number of ether oxygens (including phenoxy) is 1. The number of aryl methyl sites for hydroxylation is 1. The molecule has 1 heterocycles. The molecule has 0 aliphatic carbocycles. The lowest BCUT2D eigenvalue weighted by atomic mass is 10.1. The summed E-state index contributed by atoms with van der Waals surface area (Å²) in [5, 5.41) is 0.981. The third-order valence-electron chi connectivity index (χ3n) is 2.97. The van der Waals surface area contributed by atoms with Gasteiger partial charge in [-0.3, -0.25) is 0 Å². The van der Waals surface area contributed by atoms with Crippen LogP contribution in [0.5, 0.6) is 0 Å². The third-order valence-corrected chi connectivity index (χ3v) is 3.69. The first-order valence-electron chi connectivity index (χ1n) is 5.64. The van der Waals surface area contributed by atoms with Gasteiger partial charge in [0.05, 0.1) is 12.2 Å². The fourth-order valence-electron chi connectivity index (χ4n) is 2.08. The number of hydrogen-bond donors (Lipinski definition) is 0. The zero-order valence-corrected chi connectivity index (χ0v) is 10.4. The first-order valence-corrected chi connectivity index (χ1v) is 6.76. The number of halogens is 1. The fourth-order valence-corrected chi connectivity index (χ4v) is 2.55. The van der Waals surface area contributed by atoms with E-state index in [1.807, 2.05) is 0 Å². The summed E-state index contributed by atoms with van der Waals surface area (Å²) in [7, 11) is 0. The summed E-state index contributed by atoms with van der Waals surface area (Å²) in [6.45, 7) is 0. The van der Waals surface area contributed by atoms with Crippen LogP contribution in [0.15, 0.2) is 30.3 Å². The van der Waals surface area contributed by atoms with Gasteiger partial charge in [0.2, 0.25) is 0 Å². The Labute approximate surface area is 100.0 Å². The highest BCUT2D eigenvalue weighted by atomic mass is 79.9. The van der Waals surface area contributed by atoms with Crippen molar-refractivity contribution in [1.82, 2.24) is 0 Å².